The molecule has 0 bridgehead atoms. The average molecular weight is 256 g/mol. The van der Waals surface area contributed by atoms with Crippen LogP contribution in [0.3, 0.4) is 0 Å². The summed E-state index contributed by atoms with van der Waals surface area (Å²) in [5.74, 6) is -0.755. The molecule has 0 spiro atoms. The van der Waals surface area contributed by atoms with E-state index in [1.165, 1.54) is 4.88 Å². The van der Waals surface area contributed by atoms with Gasteiger partial charge in [-0.2, -0.15) is 0 Å². The molecule has 1 aromatic rings. The predicted molar refractivity (Wildman–Crippen MR) is 70.7 cm³/mol. The summed E-state index contributed by atoms with van der Waals surface area (Å²) in [6, 6.07) is 4.12. The van der Waals surface area contributed by atoms with Crippen LogP contribution < -0.4 is 0 Å². The molecule has 0 aromatic carbocycles. The van der Waals surface area contributed by atoms with Crippen LogP contribution in [0.1, 0.15) is 4.88 Å². The minimum Gasteiger partial charge on any atom is -0.480 e. The van der Waals surface area contributed by atoms with E-state index < -0.39 is 5.97 Å². The van der Waals surface area contributed by atoms with Crippen LogP contribution in [0.15, 0.2) is 17.5 Å². The highest BCUT2D eigenvalue weighted by molar-refractivity contribution is 7.09. The van der Waals surface area contributed by atoms with E-state index in [2.05, 4.69) is 16.3 Å². The largest absolute Gasteiger partial charge is 0.480 e. The molecule has 17 heavy (non-hydrogen) atoms. The number of likely N-dealkylation sites (N-methyl/N-ethyl adjacent to an activating group) is 1. The first kappa shape index (κ1) is 14.2. The molecule has 0 amide bonds. The van der Waals surface area contributed by atoms with Gasteiger partial charge in [0.2, 0.25) is 0 Å². The van der Waals surface area contributed by atoms with Gasteiger partial charge in [0, 0.05) is 24.5 Å². The van der Waals surface area contributed by atoms with Crippen molar-refractivity contribution >= 4 is 17.3 Å². The number of nitrogens with zero attached hydrogens (tertiary/aromatic N) is 2. The summed E-state index contributed by atoms with van der Waals surface area (Å²) in [6.45, 7) is 2.61. The van der Waals surface area contributed by atoms with Crippen LogP contribution in [0, 0.1) is 0 Å². The van der Waals surface area contributed by atoms with Crippen molar-refractivity contribution in [2.24, 2.45) is 0 Å². The van der Waals surface area contributed by atoms with Gasteiger partial charge in [0.25, 0.3) is 0 Å². The molecule has 0 saturated carbocycles. The molecule has 4 nitrogen and oxygen atoms in total. The van der Waals surface area contributed by atoms with Gasteiger partial charge in [-0.1, -0.05) is 6.07 Å². The highest BCUT2D eigenvalue weighted by Crippen LogP contribution is 2.09. The first-order valence-corrected chi connectivity index (χ1v) is 6.57. The van der Waals surface area contributed by atoms with Gasteiger partial charge in [-0.3, -0.25) is 9.69 Å². The Labute approximate surface area is 106 Å². The average Bonchev–Trinajstić information content (AvgIpc) is 2.74. The Bertz CT molecular complexity index is 325. The Balaban J connectivity index is 2.36. The zero-order valence-corrected chi connectivity index (χ0v) is 11.2. The Hall–Kier alpha value is -0.910. The zero-order valence-electron chi connectivity index (χ0n) is 10.4. The van der Waals surface area contributed by atoms with Crippen molar-refractivity contribution in [2.75, 3.05) is 40.3 Å². The number of carbonyl (C=O) groups is 1. The van der Waals surface area contributed by atoms with Gasteiger partial charge >= 0.3 is 5.97 Å². The SMILES string of the molecule is CN(C)CCN(CCc1cccs1)CC(=O)O. The first-order valence-electron chi connectivity index (χ1n) is 5.69. The zero-order chi connectivity index (χ0) is 12.7. The van der Waals surface area contributed by atoms with Crippen molar-refractivity contribution in [3.8, 4) is 0 Å². The van der Waals surface area contributed by atoms with E-state index in [0.717, 1.165) is 26.1 Å². The van der Waals surface area contributed by atoms with Crippen LogP contribution in [-0.2, 0) is 11.2 Å². The Morgan fingerprint density at radius 2 is 2.12 bits per heavy atom. The lowest BCUT2D eigenvalue weighted by atomic mass is 10.3. The van der Waals surface area contributed by atoms with Crippen molar-refractivity contribution < 1.29 is 9.90 Å². The second-order valence-electron chi connectivity index (χ2n) is 4.30. The number of thiophene rings is 1. The molecular weight excluding hydrogens is 236 g/mol. The van der Waals surface area contributed by atoms with Crippen molar-refractivity contribution in [3.05, 3.63) is 22.4 Å². The van der Waals surface area contributed by atoms with Crippen LogP contribution in [0.4, 0.5) is 0 Å². The number of aliphatic carboxylic acids is 1. The van der Waals surface area contributed by atoms with E-state index in [9.17, 15) is 4.79 Å². The maximum absolute atomic E-state index is 10.8. The molecule has 1 rings (SSSR count). The van der Waals surface area contributed by atoms with Crippen LogP contribution in [0.25, 0.3) is 0 Å². The van der Waals surface area contributed by atoms with E-state index in [4.69, 9.17) is 5.11 Å². The van der Waals surface area contributed by atoms with E-state index in [0.29, 0.717) is 0 Å². The summed E-state index contributed by atoms with van der Waals surface area (Å²) in [5, 5.41) is 10.9. The van der Waals surface area contributed by atoms with E-state index in [1.807, 2.05) is 25.1 Å². The molecule has 0 atom stereocenters. The molecule has 96 valence electrons. The molecule has 1 aromatic heterocycles. The highest BCUT2D eigenvalue weighted by Gasteiger charge is 2.10. The van der Waals surface area contributed by atoms with E-state index in [1.54, 1.807) is 11.3 Å². The summed E-state index contributed by atoms with van der Waals surface area (Å²) in [5.41, 5.74) is 0. The Morgan fingerprint density at radius 1 is 1.35 bits per heavy atom. The topological polar surface area (TPSA) is 43.8 Å². The third kappa shape index (κ3) is 6.41. The fourth-order valence-electron chi connectivity index (χ4n) is 1.53. The van der Waals surface area contributed by atoms with Gasteiger partial charge in [-0.25, -0.2) is 0 Å². The third-order valence-corrected chi connectivity index (χ3v) is 3.41. The van der Waals surface area contributed by atoms with Crippen LogP contribution >= 0.6 is 11.3 Å². The summed E-state index contributed by atoms with van der Waals surface area (Å²) < 4.78 is 0. The molecule has 0 radical (unpaired) electrons. The monoisotopic (exact) mass is 256 g/mol. The normalized spacial score (nSPS) is 11.3. The molecule has 0 saturated heterocycles. The second-order valence-corrected chi connectivity index (χ2v) is 5.33. The molecule has 0 fully saturated rings. The number of carboxylic acid groups (broad SMARTS) is 1. The van der Waals surface area contributed by atoms with E-state index >= 15 is 0 Å². The van der Waals surface area contributed by atoms with Crippen molar-refractivity contribution in [2.45, 2.75) is 6.42 Å². The van der Waals surface area contributed by atoms with Crippen LogP contribution in [-0.4, -0.2) is 61.2 Å². The third-order valence-electron chi connectivity index (χ3n) is 2.48. The Morgan fingerprint density at radius 3 is 2.65 bits per heavy atom. The Kier molecular flexibility index (Phi) is 6.18. The minimum atomic E-state index is -0.755. The molecule has 5 heteroatoms. The van der Waals surface area contributed by atoms with Gasteiger partial charge in [-0.05, 0) is 32.0 Å². The number of carboxylic acids is 1. The minimum absolute atomic E-state index is 0.124. The van der Waals surface area contributed by atoms with Crippen LogP contribution in [0.2, 0.25) is 0 Å². The molecule has 1 heterocycles. The van der Waals surface area contributed by atoms with Gasteiger partial charge in [0.1, 0.15) is 0 Å². The smallest absolute Gasteiger partial charge is 0.317 e. The lowest BCUT2D eigenvalue weighted by Crippen LogP contribution is -2.36. The molecular formula is C12H20N2O2S. The van der Waals surface area contributed by atoms with Gasteiger partial charge < -0.3 is 10.0 Å². The maximum atomic E-state index is 10.8. The molecule has 0 aliphatic carbocycles. The molecule has 0 unspecified atom stereocenters. The second kappa shape index (κ2) is 7.42. The van der Waals surface area contributed by atoms with Crippen molar-refractivity contribution in [1.82, 2.24) is 9.80 Å². The number of hydrogen-bond acceptors (Lipinski definition) is 4. The molecule has 0 aliphatic heterocycles. The van der Waals surface area contributed by atoms with Gasteiger partial charge in [0.15, 0.2) is 0 Å². The summed E-state index contributed by atoms with van der Waals surface area (Å²) in [6.07, 6.45) is 0.929. The van der Waals surface area contributed by atoms with E-state index in [-0.39, 0.29) is 6.54 Å². The fraction of sp³-hybridized carbons (Fsp3) is 0.583. The quantitative estimate of drug-likeness (QED) is 0.760. The molecule has 1 N–H and O–H groups in total. The number of hydrogen-bond donors (Lipinski definition) is 1. The number of rotatable bonds is 8. The lowest BCUT2D eigenvalue weighted by molar-refractivity contribution is -0.138. The van der Waals surface area contributed by atoms with Crippen molar-refractivity contribution in [1.29, 1.82) is 0 Å². The summed E-state index contributed by atoms with van der Waals surface area (Å²) in [4.78, 5) is 16.1. The summed E-state index contributed by atoms with van der Waals surface area (Å²) >= 11 is 1.72. The predicted octanol–water partition coefficient (Wildman–Crippen LogP) is 1.24. The highest BCUT2D eigenvalue weighted by atomic mass is 32.1. The van der Waals surface area contributed by atoms with Crippen LogP contribution in [0.5, 0.6) is 0 Å². The fourth-order valence-corrected chi connectivity index (χ4v) is 2.22. The van der Waals surface area contributed by atoms with Gasteiger partial charge in [0.05, 0.1) is 6.54 Å². The standard InChI is InChI=1S/C12H20N2O2S/c1-13(2)7-8-14(10-12(15)16)6-5-11-4-3-9-17-11/h3-4,9H,5-8,10H2,1-2H3,(H,15,16). The first-order chi connectivity index (χ1) is 8.08. The lowest BCUT2D eigenvalue weighted by Gasteiger charge is -2.21. The molecule has 0 aliphatic rings. The maximum Gasteiger partial charge on any atom is 0.317 e. The van der Waals surface area contributed by atoms with Crippen molar-refractivity contribution in [3.63, 3.8) is 0 Å². The van der Waals surface area contributed by atoms with Gasteiger partial charge in [-0.15, -0.1) is 11.3 Å². The summed E-state index contributed by atoms with van der Waals surface area (Å²) in [7, 11) is 4.00.